The van der Waals surface area contributed by atoms with Crippen molar-refractivity contribution in [3.05, 3.63) is 24.3 Å². The molecule has 0 aromatic heterocycles. The molecule has 0 amide bonds. The van der Waals surface area contributed by atoms with Crippen molar-refractivity contribution in [2.45, 2.75) is 13.8 Å². The molecule has 0 aliphatic carbocycles. The molecule has 0 aliphatic heterocycles. The zero-order valence-electron chi connectivity index (χ0n) is 6.02. The van der Waals surface area contributed by atoms with Crippen molar-refractivity contribution in [2.75, 3.05) is 5.33 Å². The van der Waals surface area contributed by atoms with Crippen LogP contribution in [0.3, 0.4) is 0 Å². The number of allylic oxidation sites excluding steroid dienone is 3. The van der Waals surface area contributed by atoms with Gasteiger partial charge in [0.05, 0.1) is 0 Å². The van der Waals surface area contributed by atoms with Crippen molar-refractivity contribution >= 4 is 15.9 Å². The fraction of sp³-hybridized carbons (Fsp3) is 0.500. The first-order chi connectivity index (χ1) is 4.22. The molecule has 0 bridgehead atoms. The Bertz CT molecular complexity index is 114. The first-order valence-electron chi connectivity index (χ1n) is 3.07. The van der Waals surface area contributed by atoms with Gasteiger partial charge in [-0.05, 0) is 12.8 Å². The van der Waals surface area contributed by atoms with Gasteiger partial charge in [0.2, 0.25) is 0 Å². The molecule has 0 fully saturated rings. The van der Waals surface area contributed by atoms with Crippen LogP contribution >= 0.6 is 15.9 Å². The number of rotatable bonds is 3. The molecule has 0 radical (unpaired) electrons. The van der Waals surface area contributed by atoms with E-state index in [2.05, 4.69) is 42.4 Å². The minimum absolute atomic E-state index is 0.516. The van der Waals surface area contributed by atoms with Crippen molar-refractivity contribution in [3.63, 3.8) is 0 Å². The molecule has 0 aromatic rings. The van der Waals surface area contributed by atoms with Gasteiger partial charge in [0.25, 0.3) is 0 Å². The highest BCUT2D eigenvalue weighted by Crippen LogP contribution is 2.09. The van der Waals surface area contributed by atoms with Gasteiger partial charge in [-0.1, -0.05) is 40.6 Å². The van der Waals surface area contributed by atoms with Gasteiger partial charge in [0, 0.05) is 5.33 Å². The van der Waals surface area contributed by atoms with E-state index in [1.54, 1.807) is 0 Å². The highest BCUT2D eigenvalue weighted by atomic mass is 79.9. The van der Waals surface area contributed by atoms with Crippen LogP contribution in [0.5, 0.6) is 0 Å². The minimum Gasteiger partial charge on any atom is -0.102 e. The van der Waals surface area contributed by atoms with E-state index < -0.39 is 0 Å². The molecule has 0 nitrogen and oxygen atoms in total. The van der Waals surface area contributed by atoms with Gasteiger partial charge in [-0.3, -0.25) is 0 Å². The third-order valence-corrected chi connectivity index (χ3v) is 1.79. The molecule has 1 atom stereocenters. The molecule has 0 aromatic carbocycles. The van der Waals surface area contributed by atoms with Gasteiger partial charge in [-0.25, -0.2) is 0 Å². The Balaban J connectivity index is 3.84. The Kier molecular flexibility index (Phi) is 4.78. The predicted molar refractivity (Wildman–Crippen MR) is 46.9 cm³/mol. The van der Waals surface area contributed by atoms with Crippen LogP contribution in [0.15, 0.2) is 24.3 Å². The van der Waals surface area contributed by atoms with Crippen LogP contribution in [0.1, 0.15) is 13.8 Å². The molecule has 0 N–H and O–H groups in total. The zero-order valence-corrected chi connectivity index (χ0v) is 7.61. The average Bonchev–Trinajstić information content (AvgIpc) is 1.87. The van der Waals surface area contributed by atoms with E-state index in [0.717, 1.165) is 5.33 Å². The van der Waals surface area contributed by atoms with E-state index in [1.807, 2.05) is 6.08 Å². The minimum atomic E-state index is 0.516. The van der Waals surface area contributed by atoms with Crippen molar-refractivity contribution < 1.29 is 0 Å². The van der Waals surface area contributed by atoms with E-state index >= 15 is 0 Å². The van der Waals surface area contributed by atoms with Gasteiger partial charge in [-0.2, -0.15) is 0 Å². The topological polar surface area (TPSA) is 0 Å². The summed E-state index contributed by atoms with van der Waals surface area (Å²) >= 11 is 3.34. The van der Waals surface area contributed by atoms with E-state index in [-0.39, 0.29) is 0 Å². The maximum absolute atomic E-state index is 3.71. The highest BCUT2D eigenvalue weighted by Gasteiger charge is 1.95. The van der Waals surface area contributed by atoms with Crippen LogP contribution < -0.4 is 0 Å². The lowest BCUT2D eigenvalue weighted by Crippen LogP contribution is -1.89. The number of halogens is 1. The Morgan fingerprint density at radius 2 is 2.33 bits per heavy atom. The molecule has 1 heteroatoms. The zero-order chi connectivity index (χ0) is 7.28. The molecular weight excluding hydrogens is 176 g/mol. The summed E-state index contributed by atoms with van der Waals surface area (Å²) in [4.78, 5) is 0. The molecule has 0 saturated heterocycles. The summed E-state index contributed by atoms with van der Waals surface area (Å²) < 4.78 is 0. The third-order valence-electron chi connectivity index (χ3n) is 1.47. The molecular formula is C8H13Br. The summed E-state index contributed by atoms with van der Waals surface area (Å²) in [5, 5.41) is 0.941. The Hall–Kier alpha value is -0.0400. The van der Waals surface area contributed by atoms with Crippen LogP contribution in [0, 0.1) is 5.92 Å². The van der Waals surface area contributed by atoms with E-state index in [1.165, 1.54) is 5.57 Å². The quantitative estimate of drug-likeness (QED) is 0.472. The SMILES string of the molecule is C=CC(C)/C(C)=C/CBr. The molecule has 0 saturated carbocycles. The average molecular weight is 189 g/mol. The van der Waals surface area contributed by atoms with Gasteiger partial charge in [0.15, 0.2) is 0 Å². The highest BCUT2D eigenvalue weighted by molar-refractivity contribution is 9.09. The Morgan fingerprint density at radius 1 is 1.78 bits per heavy atom. The summed E-state index contributed by atoms with van der Waals surface area (Å²) in [6, 6.07) is 0. The van der Waals surface area contributed by atoms with Crippen LogP contribution in [-0.2, 0) is 0 Å². The lowest BCUT2D eigenvalue weighted by atomic mass is 10.0. The number of hydrogen-bond acceptors (Lipinski definition) is 0. The summed E-state index contributed by atoms with van der Waals surface area (Å²) in [5.74, 6) is 0.516. The molecule has 9 heavy (non-hydrogen) atoms. The van der Waals surface area contributed by atoms with E-state index in [4.69, 9.17) is 0 Å². The first kappa shape index (κ1) is 8.96. The van der Waals surface area contributed by atoms with Gasteiger partial charge in [-0.15, -0.1) is 6.58 Å². The number of alkyl halides is 1. The third kappa shape index (κ3) is 3.52. The molecule has 0 aliphatic rings. The maximum Gasteiger partial charge on any atom is 0.0214 e. The van der Waals surface area contributed by atoms with Crippen LogP contribution in [0.2, 0.25) is 0 Å². The summed E-state index contributed by atoms with van der Waals surface area (Å²) in [6.07, 6.45) is 4.11. The first-order valence-corrected chi connectivity index (χ1v) is 4.19. The van der Waals surface area contributed by atoms with Crippen molar-refractivity contribution in [1.82, 2.24) is 0 Å². The van der Waals surface area contributed by atoms with Crippen molar-refractivity contribution in [3.8, 4) is 0 Å². The Labute approximate surface area is 65.8 Å². The number of hydrogen-bond donors (Lipinski definition) is 0. The second kappa shape index (κ2) is 4.80. The molecule has 52 valence electrons. The van der Waals surface area contributed by atoms with Gasteiger partial charge >= 0.3 is 0 Å². The predicted octanol–water partition coefficient (Wildman–Crippen LogP) is 3.15. The maximum atomic E-state index is 3.71. The second-order valence-electron chi connectivity index (χ2n) is 2.13. The molecule has 0 rings (SSSR count). The molecule has 1 unspecified atom stereocenters. The van der Waals surface area contributed by atoms with Gasteiger partial charge in [0.1, 0.15) is 0 Å². The van der Waals surface area contributed by atoms with Crippen LogP contribution in [0.25, 0.3) is 0 Å². The largest absolute Gasteiger partial charge is 0.102 e. The summed E-state index contributed by atoms with van der Waals surface area (Å²) in [5.41, 5.74) is 1.38. The lowest BCUT2D eigenvalue weighted by Gasteiger charge is -2.03. The van der Waals surface area contributed by atoms with Gasteiger partial charge < -0.3 is 0 Å². The van der Waals surface area contributed by atoms with Crippen molar-refractivity contribution in [1.29, 1.82) is 0 Å². The standard InChI is InChI=1S/C8H13Br/c1-4-7(2)8(3)5-6-9/h4-5,7H,1,6H2,2-3H3/b8-5+. The van der Waals surface area contributed by atoms with Crippen molar-refractivity contribution in [2.24, 2.45) is 5.92 Å². The summed E-state index contributed by atoms with van der Waals surface area (Å²) in [7, 11) is 0. The summed E-state index contributed by atoms with van der Waals surface area (Å²) in [6.45, 7) is 7.97. The van der Waals surface area contributed by atoms with E-state index in [0.29, 0.717) is 5.92 Å². The van der Waals surface area contributed by atoms with Crippen LogP contribution in [-0.4, -0.2) is 5.33 Å². The van der Waals surface area contributed by atoms with E-state index in [9.17, 15) is 0 Å². The fourth-order valence-electron chi connectivity index (χ4n) is 0.493. The monoisotopic (exact) mass is 188 g/mol. The molecule has 0 heterocycles. The van der Waals surface area contributed by atoms with Crippen LogP contribution in [0.4, 0.5) is 0 Å². The molecule has 0 spiro atoms. The smallest absolute Gasteiger partial charge is 0.0214 e. The lowest BCUT2D eigenvalue weighted by molar-refractivity contribution is 0.863. The normalized spacial score (nSPS) is 15.2. The fourth-order valence-corrected chi connectivity index (χ4v) is 1.00. The second-order valence-corrected chi connectivity index (χ2v) is 2.77. The Morgan fingerprint density at radius 3 is 2.67 bits per heavy atom.